The molecule has 4 heteroatoms. The van der Waals surface area contributed by atoms with E-state index in [2.05, 4.69) is 10.2 Å². The molecule has 0 aromatic heterocycles. The van der Waals surface area contributed by atoms with Gasteiger partial charge in [0.1, 0.15) is 5.69 Å². The van der Waals surface area contributed by atoms with E-state index in [0.29, 0.717) is 5.02 Å². The van der Waals surface area contributed by atoms with Crippen molar-refractivity contribution in [1.29, 1.82) is 0 Å². The van der Waals surface area contributed by atoms with E-state index in [9.17, 15) is 0 Å². The molecule has 0 saturated heterocycles. The summed E-state index contributed by atoms with van der Waals surface area (Å²) in [4.78, 5) is 2.20. The molecular formula is C12H7ClN2S. The van der Waals surface area contributed by atoms with Gasteiger partial charge in [-0.3, -0.25) is 0 Å². The van der Waals surface area contributed by atoms with Crippen molar-refractivity contribution in [3.05, 3.63) is 47.5 Å². The summed E-state index contributed by atoms with van der Waals surface area (Å²) in [7, 11) is 0. The molecule has 0 fully saturated rings. The molecule has 1 aliphatic heterocycles. The van der Waals surface area contributed by atoms with Gasteiger partial charge in [-0.15, -0.1) is 10.2 Å². The van der Waals surface area contributed by atoms with Gasteiger partial charge in [0.2, 0.25) is 0 Å². The van der Waals surface area contributed by atoms with Gasteiger partial charge in [0.15, 0.2) is 0 Å². The van der Waals surface area contributed by atoms with Crippen LogP contribution in [0.5, 0.6) is 0 Å². The molecule has 0 atom stereocenters. The van der Waals surface area contributed by atoms with Crippen molar-refractivity contribution in [3.63, 3.8) is 0 Å². The van der Waals surface area contributed by atoms with Crippen LogP contribution in [0, 0.1) is 0 Å². The Hall–Kier alpha value is -1.32. The third kappa shape index (κ3) is 1.72. The van der Waals surface area contributed by atoms with Crippen molar-refractivity contribution in [1.82, 2.24) is 0 Å². The van der Waals surface area contributed by atoms with Gasteiger partial charge in [0.25, 0.3) is 0 Å². The lowest BCUT2D eigenvalue weighted by Gasteiger charge is -2.02. The molecule has 16 heavy (non-hydrogen) atoms. The molecular weight excluding hydrogens is 240 g/mol. The summed E-state index contributed by atoms with van der Waals surface area (Å²) in [5.41, 5.74) is 1.73. The fourth-order valence-electron chi connectivity index (χ4n) is 1.51. The molecule has 78 valence electrons. The van der Waals surface area contributed by atoms with Gasteiger partial charge in [-0.25, -0.2) is 0 Å². The van der Waals surface area contributed by atoms with Crippen LogP contribution in [0.4, 0.5) is 11.4 Å². The van der Waals surface area contributed by atoms with E-state index < -0.39 is 0 Å². The molecule has 2 aromatic rings. The molecule has 0 amide bonds. The van der Waals surface area contributed by atoms with Crippen molar-refractivity contribution in [2.45, 2.75) is 9.79 Å². The highest BCUT2D eigenvalue weighted by Crippen LogP contribution is 2.43. The van der Waals surface area contributed by atoms with E-state index in [0.717, 1.165) is 21.2 Å². The Bertz CT molecular complexity index is 581. The monoisotopic (exact) mass is 246 g/mol. The minimum Gasteiger partial charge on any atom is -0.149 e. The normalized spacial score (nSPS) is 12.8. The van der Waals surface area contributed by atoms with Crippen LogP contribution in [-0.4, -0.2) is 0 Å². The first kappa shape index (κ1) is 9.87. The van der Waals surface area contributed by atoms with E-state index in [1.807, 2.05) is 42.5 Å². The maximum atomic E-state index is 5.93. The van der Waals surface area contributed by atoms with Crippen molar-refractivity contribution >= 4 is 34.7 Å². The predicted octanol–water partition coefficient (Wildman–Crippen LogP) is 5.22. The SMILES string of the molecule is Clc1ccc2c(c1)N=Nc1ccccc1S2. The lowest BCUT2D eigenvalue weighted by Crippen LogP contribution is -1.73. The Balaban J connectivity index is 2.17. The van der Waals surface area contributed by atoms with Crippen LogP contribution < -0.4 is 0 Å². The summed E-state index contributed by atoms with van der Waals surface area (Å²) in [6.45, 7) is 0. The zero-order chi connectivity index (χ0) is 11.0. The van der Waals surface area contributed by atoms with Crippen molar-refractivity contribution in [2.24, 2.45) is 10.2 Å². The molecule has 3 rings (SSSR count). The maximum Gasteiger partial charge on any atom is 0.101 e. The first-order valence-corrected chi connectivity index (χ1v) is 6.00. The number of fused-ring (bicyclic) bond motifs is 2. The number of hydrogen-bond donors (Lipinski definition) is 0. The molecule has 0 radical (unpaired) electrons. The summed E-state index contributed by atoms with van der Waals surface area (Å²) in [5, 5.41) is 9.11. The van der Waals surface area contributed by atoms with Crippen LogP contribution in [0.25, 0.3) is 0 Å². The topological polar surface area (TPSA) is 24.7 Å². The van der Waals surface area contributed by atoms with Crippen molar-refractivity contribution < 1.29 is 0 Å². The summed E-state index contributed by atoms with van der Waals surface area (Å²) in [5.74, 6) is 0. The zero-order valence-corrected chi connectivity index (χ0v) is 9.79. The minimum atomic E-state index is 0.684. The molecule has 2 nitrogen and oxygen atoms in total. The molecule has 1 heterocycles. The van der Waals surface area contributed by atoms with Gasteiger partial charge in [-0.05, 0) is 30.3 Å². The van der Waals surface area contributed by atoms with E-state index in [-0.39, 0.29) is 0 Å². The molecule has 0 N–H and O–H groups in total. The van der Waals surface area contributed by atoms with E-state index >= 15 is 0 Å². The second-order valence-corrected chi connectivity index (χ2v) is 4.90. The van der Waals surface area contributed by atoms with Crippen LogP contribution in [0.1, 0.15) is 0 Å². The second kappa shape index (κ2) is 3.92. The highest BCUT2D eigenvalue weighted by Gasteiger charge is 2.11. The zero-order valence-electron chi connectivity index (χ0n) is 8.22. The Kier molecular flexibility index (Phi) is 2.42. The average molecular weight is 247 g/mol. The smallest absolute Gasteiger partial charge is 0.101 e. The van der Waals surface area contributed by atoms with Gasteiger partial charge < -0.3 is 0 Å². The molecule has 0 unspecified atom stereocenters. The standard InChI is InChI=1S/C12H7ClN2S/c13-8-5-6-12-10(7-8)15-14-9-3-1-2-4-11(9)16-12/h1-7H. The van der Waals surface area contributed by atoms with E-state index in [4.69, 9.17) is 11.6 Å². The van der Waals surface area contributed by atoms with Crippen molar-refractivity contribution in [3.8, 4) is 0 Å². The Morgan fingerprint density at radius 3 is 2.56 bits per heavy atom. The molecule has 1 aliphatic rings. The summed E-state index contributed by atoms with van der Waals surface area (Å²) in [6, 6.07) is 13.6. The number of hydrogen-bond acceptors (Lipinski definition) is 3. The second-order valence-electron chi connectivity index (χ2n) is 3.38. The van der Waals surface area contributed by atoms with Gasteiger partial charge in [0, 0.05) is 14.8 Å². The third-order valence-electron chi connectivity index (χ3n) is 2.27. The lowest BCUT2D eigenvalue weighted by molar-refractivity contribution is 1.19. The fraction of sp³-hybridized carbons (Fsp3) is 0. The van der Waals surface area contributed by atoms with Crippen LogP contribution >= 0.6 is 23.4 Å². The summed E-state index contributed by atoms with van der Waals surface area (Å²) in [6.07, 6.45) is 0. The maximum absolute atomic E-state index is 5.93. The molecule has 0 aliphatic carbocycles. The first-order valence-electron chi connectivity index (χ1n) is 4.81. The molecule has 0 bridgehead atoms. The number of nitrogens with zero attached hydrogens (tertiary/aromatic N) is 2. The molecule has 0 spiro atoms. The first-order chi connectivity index (χ1) is 7.83. The Morgan fingerprint density at radius 1 is 0.875 bits per heavy atom. The fourth-order valence-corrected chi connectivity index (χ4v) is 2.61. The predicted molar refractivity (Wildman–Crippen MR) is 66.2 cm³/mol. The van der Waals surface area contributed by atoms with Crippen molar-refractivity contribution in [2.75, 3.05) is 0 Å². The molecule has 2 aromatic carbocycles. The Morgan fingerprint density at radius 2 is 1.62 bits per heavy atom. The van der Waals surface area contributed by atoms with Crippen LogP contribution in [0.2, 0.25) is 5.02 Å². The van der Waals surface area contributed by atoms with Crippen LogP contribution in [0.3, 0.4) is 0 Å². The summed E-state index contributed by atoms with van der Waals surface area (Å²) >= 11 is 7.60. The van der Waals surface area contributed by atoms with Gasteiger partial charge in [0.05, 0.1) is 5.69 Å². The highest BCUT2D eigenvalue weighted by molar-refractivity contribution is 7.99. The van der Waals surface area contributed by atoms with E-state index in [1.165, 1.54) is 0 Å². The quantitative estimate of drug-likeness (QED) is 0.534. The molecule has 0 saturated carbocycles. The van der Waals surface area contributed by atoms with Crippen LogP contribution in [0.15, 0.2) is 62.5 Å². The van der Waals surface area contributed by atoms with Gasteiger partial charge in [-0.1, -0.05) is 35.5 Å². The van der Waals surface area contributed by atoms with Gasteiger partial charge >= 0.3 is 0 Å². The number of halogens is 1. The number of azo groups is 1. The number of rotatable bonds is 0. The number of benzene rings is 2. The average Bonchev–Trinajstić information content (AvgIpc) is 2.48. The van der Waals surface area contributed by atoms with Gasteiger partial charge in [-0.2, -0.15) is 0 Å². The third-order valence-corrected chi connectivity index (χ3v) is 3.64. The van der Waals surface area contributed by atoms with E-state index in [1.54, 1.807) is 11.8 Å². The minimum absolute atomic E-state index is 0.684. The largest absolute Gasteiger partial charge is 0.149 e. The lowest BCUT2D eigenvalue weighted by atomic mass is 10.3. The van der Waals surface area contributed by atoms with Crippen LogP contribution in [-0.2, 0) is 0 Å². The highest BCUT2D eigenvalue weighted by atomic mass is 35.5. The summed E-state index contributed by atoms with van der Waals surface area (Å²) < 4.78 is 0. The Labute approximate surface area is 102 Å².